The van der Waals surface area contributed by atoms with E-state index < -0.39 is 0 Å². The van der Waals surface area contributed by atoms with Gasteiger partial charge < -0.3 is 19.5 Å². The van der Waals surface area contributed by atoms with Crippen LogP contribution in [0.4, 0.5) is 5.69 Å². The first-order valence-corrected chi connectivity index (χ1v) is 13.6. The molecule has 1 saturated heterocycles. The molecule has 0 radical (unpaired) electrons. The summed E-state index contributed by atoms with van der Waals surface area (Å²) < 4.78 is 8.27. The largest absolute Gasteiger partial charge is 0.457 e. The summed E-state index contributed by atoms with van der Waals surface area (Å²) in [5, 5.41) is 4.93. The van der Waals surface area contributed by atoms with Gasteiger partial charge in [0.25, 0.3) is 0 Å². The fourth-order valence-electron chi connectivity index (χ4n) is 5.00. The Hall–Kier alpha value is -4.13. The standard InChI is InChI=1S/C32H27ClN4OS/c1-21-8-13-25(14-9-21)38-26-15-10-23(11-16-26)37-31(30(35-32(37)39)28-6-3-4-18-34-28)29-7-5-19-36(29)24-12-17-27(33)22(2)20-24/h3-20,30-31H,1-2H3,(H,35,39)/t30-,31+/m0/s1. The minimum Gasteiger partial charge on any atom is -0.457 e. The summed E-state index contributed by atoms with van der Waals surface area (Å²) in [6, 6.07) is 32.0. The highest BCUT2D eigenvalue weighted by Crippen LogP contribution is 2.42. The first-order chi connectivity index (χ1) is 19.0. The zero-order valence-electron chi connectivity index (χ0n) is 21.6. The van der Waals surface area contributed by atoms with E-state index in [4.69, 9.17) is 28.6 Å². The van der Waals surface area contributed by atoms with Gasteiger partial charge >= 0.3 is 0 Å². The third-order valence-electron chi connectivity index (χ3n) is 6.97. The monoisotopic (exact) mass is 550 g/mol. The molecule has 2 aromatic heterocycles. The molecule has 3 heterocycles. The summed E-state index contributed by atoms with van der Waals surface area (Å²) in [5.74, 6) is 1.56. The second-order valence-corrected chi connectivity index (χ2v) is 10.4. The van der Waals surface area contributed by atoms with Crippen LogP contribution >= 0.6 is 23.8 Å². The van der Waals surface area contributed by atoms with Crippen molar-refractivity contribution in [1.29, 1.82) is 0 Å². The lowest BCUT2D eigenvalue weighted by Crippen LogP contribution is -2.30. The molecule has 0 bridgehead atoms. The summed E-state index contributed by atoms with van der Waals surface area (Å²) in [4.78, 5) is 6.85. The number of nitrogens with zero attached hydrogens (tertiary/aromatic N) is 3. The summed E-state index contributed by atoms with van der Waals surface area (Å²) in [7, 11) is 0. The molecule has 1 aliphatic rings. The minimum absolute atomic E-state index is 0.149. The summed E-state index contributed by atoms with van der Waals surface area (Å²) in [6.45, 7) is 4.08. The normalized spacial score (nSPS) is 16.8. The van der Waals surface area contributed by atoms with Gasteiger partial charge in [-0.15, -0.1) is 0 Å². The quantitative estimate of drug-likeness (QED) is 0.216. The van der Waals surface area contributed by atoms with E-state index in [2.05, 4.69) is 51.1 Å². The molecule has 7 heteroatoms. The van der Waals surface area contributed by atoms with Crippen molar-refractivity contribution in [2.45, 2.75) is 25.9 Å². The molecule has 5 aromatic rings. The minimum atomic E-state index is -0.151. The van der Waals surface area contributed by atoms with E-state index in [0.717, 1.165) is 44.8 Å². The zero-order chi connectivity index (χ0) is 26.9. The molecule has 0 saturated carbocycles. The lowest BCUT2D eigenvalue weighted by Gasteiger charge is -2.29. The van der Waals surface area contributed by atoms with Crippen molar-refractivity contribution in [3.05, 3.63) is 137 Å². The van der Waals surface area contributed by atoms with E-state index in [0.29, 0.717) is 5.11 Å². The first-order valence-electron chi connectivity index (χ1n) is 12.8. The molecular formula is C32H27ClN4OS. The number of hydrogen-bond donors (Lipinski definition) is 1. The number of halogens is 1. The van der Waals surface area contributed by atoms with Crippen LogP contribution in [0.2, 0.25) is 5.02 Å². The molecule has 2 atom stereocenters. The van der Waals surface area contributed by atoms with Gasteiger partial charge in [0.2, 0.25) is 0 Å². The van der Waals surface area contributed by atoms with Crippen LogP contribution in [0.1, 0.15) is 34.6 Å². The summed E-state index contributed by atoms with van der Waals surface area (Å²) in [6.07, 6.45) is 3.89. The second kappa shape index (κ2) is 10.6. The molecule has 39 heavy (non-hydrogen) atoms. The molecule has 6 rings (SSSR count). The number of hydrogen-bond acceptors (Lipinski definition) is 3. The fourth-order valence-corrected chi connectivity index (χ4v) is 5.46. The van der Waals surface area contributed by atoms with Crippen LogP contribution in [0.15, 0.2) is 109 Å². The third kappa shape index (κ3) is 5.01. The second-order valence-electron chi connectivity index (χ2n) is 9.64. The number of aryl methyl sites for hydroxylation is 2. The molecular weight excluding hydrogens is 524 g/mol. The Labute approximate surface area is 238 Å². The number of anilines is 1. The van der Waals surface area contributed by atoms with E-state index in [-0.39, 0.29) is 12.1 Å². The van der Waals surface area contributed by atoms with Crippen LogP contribution < -0.4 is 15.0 Å². The molecule has 1 N–H and O–H groups in total. The summed E-state index contributed by atoms with van der Waals surface area (Å²) >= 11 is 12.3. The third-order valence-corrected chi connectivity index (χ3v) is 7.71. The lowest BCUT2D eigenvalue weighted by atomic mass is 10.0. The highest BCUT2D eigenvalue weighted by atomic mass is 35.5. The Bertz CT molecular complexity index is 1620. The van der Waals surface area contributed by atoms with Crippen LogP contribution in [0.3, 0.4) is 0 Å². The zero-order valence-corrected chi connectivity index (χ0v) is 23.2. The molecule has 194 valence electrons. The maximum absolute atomic E-state index is 6.34. The van der Waals surface area contributed by atoms with Gasteiger partial charge in [-0.25, -0.2) is 0 Å². The van der Waals surface area contributed by atoms with Crippen LogP contribution in [0.25, 0.3) is 5.69 Å². The summed E-state index contributed by atoms with van der Waals surface area (Å²) in [5.41, 5.74) is 6.23. The predicted octanol–water partition coefficient (Wildman–Crippen LogP) is 8.11. The number of ether oxygens (including phenoxy) is 1. The Kier molecular flexibility index (Phi) is 6.81. The molecule has 3 aromatic carbocycles. The number of rotatable bonds is 6. The van der Waals surface area contributed by atoms with E-state index >= 15 is 0 Å². The average molecular weight is 551 g/mol. The molecule has 0 unspecified atom stereocenters. The Balaban J connectivity index is 1.39. The smallest absolute Gasteiger partial charge is 0.174 e. The van der Waals surface area contributed by atoms with Crippen molar-refractivity contribution in [2.75, 3.05) is 4.90 Å². The van der Waals surface area contributed by atoms with Crippen LogP contribution in [0, 0.1) is 13.8 Å². The van der Waals surface area contributed by atoms with E-state index in [1.54, 1.807) is 0 Å². The molecule has 0 aliphatic carbocycles. The SMILES string of the molecule is Cc1ccc(Oc2ccc(N3C(=S)N[C@@H](c4ccccn4)[C@H]3c3cccn3-c3ccc(Cl)c(C)c3)cc2)cc1. The van der Waals surface area contributed by atoms with E-state index in [9.17, 15) is 0 Å². The topological polar surface area (TPSA) is 42.3 Å². The van der Waals surface area contributed by atoms with Crippen molar-refractivity contribution in [2.24, 2.45) is 0 Å². The molecule has 1 fully saturated rings. The highest BCUT2D eigenvalue weighted by Gasteiger charge is 2.42. The van der Waals surface area contributed by atoms with Crippen molar-refractivity contribution >= 4 is 34.6 Å². The van der Waals surface area contributed by atoms with Gasteiger partial charge in [-0.3, -0.25) is 4.98 Å². The highest BCUT2D eigenvalue weighted by molar-refractivity contribution is 7.80. The Morgan fingerprint density at radius 1 is 0.846 bits per heavy atom. The predicted molar refractivity (Wildman–Crippen MR) is 161 cm³/mol. The van der Waals surface area contributed by atoms with Gasteiger partial charge in [0, 0.05) is 34.5 Å². The van der Waals surface area contributed by atoms with Crippen molar-refractivity contribution in [3.8, 4) is 17.2 Å². The number of nitrogens with one attached hydrogen (secondary N) is 1. The number of thiocarbonyl (C=S) groups is 1. The van der Waals surface area contributed by atoms with Crippen molar-refractivity contribution < 1.29 is 4.74 Å². The lowest BCUT2D eigenvalue weighted by molar-refractivity contribution is 0.482. The Morgan fingerprint density at radius 3 is 2.26 bits per heavy atom. The van der Waals surface area contributed by atoms with Gasteiger partial charge in [0.05, 0.1) is 11.7 Å². The van der Waals surface area contributed by atoms with Gasteiger partial charge in [-0.05, 0) is 110 Å². The Morgan fingerprint density at radius 2 is 1.56 bits per heavy atom. The van der Waals surface area contributed by atoms with Crippen molar-refractivity contribution in [1.82, 2.24) is 14.9 Å². The average Bonchev–Trinajstić information content (AvgIpc) is 3.57. The van der Waals surface area contributed by atoms with Gasteiger partial charge in [-0.2, -0.15) is 0 Å². The molecule has 5 nitrogen and oxygen atoms in total. The van der Waals surface area contributed by atoms with Gasteiger partial charge in [0.1, 0.15) is 17.5 Å². The molecule has 0 amide bonds. The van der Waals surface area contributed by atoms with Crippen LogP contribution in [0.5, 0.6) is 11.5 Å². The van der Waals surface area contributed by atoms with E-state index in [1.165, 1.54) is 5.56 Å². The molecule has 0 spiro atoms. The van der Waals surface area contributed by atoms with E-state index in [1.807, 2.05) is 92.0 Å². The number of benzene rings is 3. The van der Waals surface area contributed by atoms with Crippen LogP contribution in [-0.2, 0) is 0 Å². The van der Waals surface area contributed by atoms with Gasteiger partial charge in [0.15, 0.2) is 5.11 Å². The maximum atomic E-state index is 6.34. The maximum Gasteiger partial charge on any atom is 0.174 e. The first kappa shape index (κ1) is 25.2. The molecule has 1 aliphatic heterocycles. The van der Waals surface area contributed by atoms with Gasteiger partial charge in [-0.1, -0.05) is 35.4 Å². The van der Waals surface area contributed by atoms with Crippen LogP contribution in [-0.4, -0.2) is 14.7 Å². The fraction of sp³-hybridized carbons (Fsp3) is 0.125. The number of pyridine rings is 1. The number of aromatic nitrogens is 2. The van der Waals surface area contributed by atoms with Crippen molar-refractivity contribution in [3.63, 3.8) is 0 Å².